The minimum atomic E-state index is -0.419. The van der Waals surface area contributed by atoms with Crippen LogP contribution in [0.2, 0.25) is 0 Å². The topological polar surface area (TPSA) is 59.6 Å². The van der Waals surface area contributed by atoms with Gasteiger partial charge in [0, 0.05) is 12.6 Å². The molecule has 0 radical (unpaired) electrons. The van der Waals surface area contributed by atoms with E-state index < -0.39 is 6.10 Å². The molecule has 0 bridgehead atoms. The third-order valence-corrected chi connectivity index (χ3v) is 3.04. The Balaban J connectivity index is 1.65. The Morgan fingerprint density at radius 3 is 3.00 bits per heavy atom. The van der Waals surface area contributed by atoms with Crippen LogP contribution in [0.4, 0.5) is 0 Å². The van der Waals surface area contributed by atoms with Gasteiger partial charge in [-0.2, -0.15) is 0 Å². The first kappa shape index (κ1) is 11.8. The quantitative estimate of drug-likeness (QED) is 0.694. The van der Waals surface area contributed by atoms with E-state index in [-0.39, 0.29) is 5.91 Å². The number of nitrogens with one attached hydrogen (secondary N) is 2. The zero-order chi connectivity index (χ0) is 11.2. The zero-order valence-corrected chi connectivity index (χ0v) is 9.54. The van der Waals surface area contributed by atoms with Gasteiger partial charge in [0.1, 0.15) is 0 Å². The summed E-state index contributed by atoms with van der Waals surface area (Å²) in [6.07, 6.45) is 3.21. The molecule has 2 rings (SSSR count). The SMILES string of the molecule is O=C(NCC1CCCCN1)C1COCCO1. The number of hydrogen-bond acceptors (Lipinski definition) is 4. The van der Waals surface area contributed by atoms with Gasteiger partial charge < -0.3 is 20.1 Å². The lowest BCUT2D eigenvalue weighted by atomic mass is 10.1. The molecule has 0 spiro atoms. The minimum absolute atomic E-state index is 0.0490. The van der Waals surface area contributed by atoms with Gasteiger partial charge in [0.25, 0.3) is 5.91 Å². The molecule has 0 aliphatic carbocycles. The number of carbonyl (C=O) groups excluding carboxylic acids is 1. The van der Waals surface area contributed by atoms with Gasteiger partial charge in [-0.05, 0) is 19.4 Å². The summed E-state index contributed by atoms with van der Waals surface area (Å²) < 4.78 is 10.5. The molecule has 0 aromatic heterocycles. The Hall–Kier alpha value is -0.650. The lowest BCUT2D eigenvalue weighted by Gasteiger charge is -2.26. The van der Waals surface area contributed by atoms with Gasteiger partial charge in [-0.25, -0.2) is 0 Å². The van der Waals surface area contributed by atoms with E-state index in [4.69, 9.17) is 9.47 Å². The van der Waals surface area contributed by atoms with Crippen molar-refractivity contribution < 1.29 is 14.3 Å². The van der Waals surface area contributed by atoms with E-state index in [1.54, 1.807) is 0 Å². The molecule has 0 aromatic rings. The van der Waals surface area contributed by atoms with Gasteiger partial charge in [-0.15, -0.1) is 0 Å². The second-order valence-electron chi connectivity index (χ2n) is 4.33. The Kier molecular flexibility index (Phi) is 4.56. The van der Waals surface area contributed by atoms with Crippen molar-refractivity contribution in [2.45, 2.75) is 31.4 Å². The van der Waals surface area contributed by atoms with Crippen molar-refractivity contribution in [2.75, 3.05) is 32.9 Å². The predicted octanol–water partition coefficient (Wildman–Crippen LogP) is -0.340. The summed E-state index contributed by atoms with van der Waals surface area (Å²) in [6.45, 7) is 3.24. The van der Waals surface area contributed by atoms with Crippen molar-refractivity contribution >= 4 is 5.91 Å². The van der Waals surface area contributed by atoms with Crippen LogP contribution in [0.25, 0.3) is 0 Å². The second kappa shape index (κ2) is 6.18. The summed E-state index contributed by atoms with van der Waals surface area (Å²) in [5.74, 6) is -0.0490. The average molecular weight is 228 g/mol. The number of piperidine rings is 1. The van der Waals surface area contributed by atoms with E-state index in [0.29, 0.717) is 32.4 Å². The summed E-state index contributed by atoms with van der Waals surface area (Å²) >= 11 is 0. The highest BCUT2D eigenvalue weighted by Gasteiger charge is 2.23. The van der Waals surface area contributed by atoms with Crippen molar-refractivity contribution in [2.24, 2.45) is 0 Å². The van der Waals surface area contributed by atoms with E-state index in [0.717, 1.165) is 13.0 Å². The van der Waals surface area contributed by atoms with Crippen LogP contribution in [0.15, 0.2) is 0 Å². The molecule has 2 saturated heterocycles. The van der Waals surface area contributed by atoms with Crippen molar-refractivity contribution in [1.82, 2.24) is 10.6 Å². The summed E-state index contributed by atoms with van der Waals surface area (Å²) in [7, 11) is 0. The molecule has 92 valence electrons. The molecule has 2 atom stereocenters. The Morgan fingerprint density at radius 1 is 1.38 bits per heavy atom. The fraction of sp³-hybridized carbons (Fsp3) is 0.909. The van der Waals surface area contributed by atoms with Crippen LogP contribution < -0.4 is 10.6 Å². The van der Waals surface area contributed by atoms with E-state index in [2.05, 4.69) is 10.6 Å². The minimum Gasteiger partial charge on any atom is -0.376 e. The first-order valence-electron chi connectivity index (χ1n) is 6.07. The molecule has 5 heteroatoms. The van der Waals surface area contributed by atoms with E-state index in [1.807, 2.05) is 0 Å². The molecule has 2 N–H and O–H groups in total. The first-order chi connectivity index (χ1) is 7.86. The van der Waals surface area contributed by atoms with Crippen LogP contribution in [0.3, 0.4) is 0 Å². The third kappa shape index (κ3) is 3.43. The van der Waals surface area contributed by atoms with Crippen molar-refractivity contribution in [1.29, 1.82) is 0 Å². The molecule has 0 saturated carbocycles. The van der Waals surface area contributed by atoms with Crippen LogP contribution in [0.1, 0.15) is 19.3 Å². The smallest absolute Gasteiger partial charge is 0.251 e. The van der Waals surface area contributed by atoms with Crippen LogP contribution in [-0.2, 0) is 14.3 Å². The number of carbonyl (C=O) groups is 1. The lowest BCUT2D eigenvalue weighted by Crippen LogP contribution is -2.48. The Morgan fingerprint density at radius 2 is 2.31 bits per heavy atom. The zero-order valence-electron chi connectivity index (χ0n) is 9.54. The monoisotopic (exact) mass is 228 g/mol. The van der Waals surface area contributed by atoms with Crippen LogP contribution in [-0.4, -0.2) is 51.0 Å². The molecular weight excluding hydrogens is 208 g/mol. The molecule has 2 aliphatic rings. The maximum absolute atomic E-state index is 11.7. The van der Waals surface area contributed by atoms with E-state index in [1.165, 1.54) is 12.8 Å². The largest absolute Gasteiger partial charge is 0.376 e. The molecule has 2 heterocycles. The highest BCUT2D eigenvalue weighted by molar-refractivity contribution is 5.81. The van der Waals surface area contributed by atoms with Gasteiger partial charge in [-0.3, -0.25) is 4.79 Å². The van der Waals surface area contributed by atoms with Crippen molar-refractivity contribution in [3.05, 3.63) is 0 Å². The van der Waals surface area contributed by atoms with Crippen LogP contribution in [0.5, 0.6) is 0 Å². The normalized spacial score (nSPS) is 31.0. The standard InChI is InChI=1S/C11H20N2O3/c14-11(10-8-15-5-6-16-10)13-7-9-3-1-2-4-12-9/h9-10,12H,1-8H2,(H,13,14). The maximum atomic E-state index is 11.7. The highest BCUT2D eigenvalue weighted by atomic mass is 16.6. The number of rotatable bonds is 3. The Labute approximate surface area is 95.9 Å². The molecule has 2 unspecified atom stereocenters. The van der Waals surface area contributed by atoms with Gasteiger partial charge in [-0.1, -0.05) is 6.42 Å². The summed E-state index contributed by atoms with van der Waals surface area (Å²) in [6, 6.07) is 0.419. The predicted molar refractivity (Wildman–Crippen MR) is 59.2 cm³/mol. The highest BCUT2D eigenvalue weighted by Crippen LogP contribution is 2.06. The van der Waals surface area contributed by atoms with Gasteiger partial charge in [0.15, 0.2) is 6.10 Å². The summed E-state index contributed by atoms with van der Waals surface area (Å²) in [5, 5.41) is 6.31. The van der Waals surface area contributed by atoms with Crippen molar-refractivity contribution in [3.8, 4) is 0 Å². The molecule has 2 aliphatic heterocycles. The van der Waals surface area contributed by atoms with Crippen molar-refractivity contribution in [3.63, 3.8) is 0 Å². The van der Waals surface area contributed by atoms with E-state index in [9.17, 15) is 4.79 Å². The molecule has 5 nitrogen and oxygen atoms in total. The average Bonchev–Trinajstić information content (AvgIpc) is 2.38. The van der Waals surface area contributed by atoms with E-state index >= 15 is 0 Å². The number of hydrogen-bond donors (Lipinski definition) is 2. The number of ether oxygens (including phenoxy) is 2. The third-order valence-electron chi connectivity index (χ3n) is 3.04. The fourth-order valence-corrected chi connectivity index (χ4v) is 2.07. The lowest BCUT2D eigenvalue weighted by molar-refractivity contribution is -0.147. The number of amides is 1. The fourth-order valence-electron chi connectivity index (χ4n) is 2.07. The molecule has 0 aromatic carbocycles. The molecule has 2 fully saturated rings. The molecule has 16 heavy (non-hydrogen) atoms. The van der Waals surface area contributed by atoms with Gasteiger partial charge in [0.05, 0.1) is 19.8 Å². The Bertz CT molecular complexity index is 223. The molecule has 1 amide bonds. The first-order valence-corrected chi connectivity index (χ1v) is 6.07. The van der Waals surface area contributed by atoms with Crippen LogP contribution in [0, 0.1) is 0 Å². The van der Waals surface area contributed by atoms with Gasteiger partial charge >= 0.3 is 0 Å². The summed E-state index contributed by atoms with van der Waals surface area (Å²) in [5.41, 5.74) is 0. The van der Waals surface area contributed by atoms with Gasteiger partial charge in [0.2, 0.25) is 0 Å². The molecular formula is C11H20N2O3. The maximum Gasteiger partial charge on any atom is 0.251 e. The second-order valence-corrected chi connectivity index (χ2v) is 4.33. The van der Waals surface area contributed by atoms with Crippen LogP contribution >= 0.6 is 0 Å². The summed E-state index contributed by atoms with van der Waals surface area (Å²) in [4.78, 5) is 11.7.